The lowest BCUT2D eigenvalue weighted by atomic mass is 9.93. The Hall–Kier alpha value is -3.56. The SMILES string of the molecule is COc1ccccc1[C@H]1C(C(=O)OCc2ccccc2)=C(C)N=C2SC=C(CC(=O)NC[C@@H]3CCCO3)N21. The number of esters is 1. The van der Waals surface area contributed by atoms with Crippen LogP contribution in [0.15, 0.2) is 82.0 Å². The van der Waals surface area contributed by atoms with Gasteiger partial charge in [-0.25, -0.2) is 9.79 Å². The van der Waals surface area contributed by atoms with Gasteiger partial charge in [-0.3, -0.25) is 4.79 Å². The minimum atomic E-state index is -0.561. The zero-order valence-corrected chi connectivity index (χ0v) is 22.3. The number of para-hydroxylation sites is 1. The van der Waals surface area contributed by atoms with Crippen molar-refractivity contribution >= 4 is 28.8 Å². The van der Waals surface area contributed by atoms with Crippen molar-refractivity contribution in [2.45, 2.75) is 44.9 Å². The van der Waals surface area contributed by atoms with Crippen molar-refractivity contribution in [3.8, 4) is 5.75 Å². The minimum Gasteiger partial charge on any atom is -0.496 e. The molecule has 0 radical (unpaired) electrons. The van der Waals surface area contributed by atoms with Crippen LogP contribution in [0.2, 0.25) is 0 Å². The molecular weight excluding hydrogens is 502 g/mol. The third kappa shape index (κ3) is 5.63. The fraction of sp³-hybridized carbons (Fsp3) is 0.345. The lowest BCUT2D eigenvalue weighted by Crippen LogP contribution is -2.39. The van der Waals surface area contributed by atoms with Crippen LogP contribution in [0.1, 0.15) is 43.4 Å². The molecular formula is C29H31N3O5S. The predicted molar refractivity (Wildman–Crippen MR) is 146 cm³/mol. The van der Waals surface area contributed by atoms with Crippen molar-refractivity contribution in [1.82, 2.24) is 10.2 Å². The van der Waals surface area contributed by atoms with Gasteiger partial charge in [0, 0.05) is 24.4 Å². The zero-order chi connectivity index (χ0) is 26.5. The smallest absolute Gasteiger partial charge is 0.338 e. The molecule has 8 nitrogen and oxygen atoms in total. The number of amidine groups is 1. The van der Waals surface area contributed by atoms with E-state index in [-0.39, 0.29) is 25.0 Å². The van der Waals surface area contributed by atoms with E-state index in [2.05, 4.69) is 5.32 Å². The molecule has 3 aliphatic rings. The Bertz CT molecular complexity index is 1280. The average molecular weight is 534 g/mol. The molecule has 0 bridgehead atoms. The van der Waals surface area contributed by atoms with Crippen molar-refractivity contribution in [1.29, 1.82) is 0 Å². The van der Waals surface area contributed by atoms with E-state index in [1.807, 2.05) is 71.8 Å². The second-order valence-corrected chi connectivity index (χ2v) is 10.1. The van der Waals surface area contributed by atoms with Crippen molar-refractivity contribution in [2.24, 2.45) is 4.99 Å². The maximum Gasteiger partial charge on any atom is 0.338 e. The van der Waals surface area contributed by atoms with E-state index in [1.165, 1.54) is 11.8 Å². The van der Waals surface area contributed by atoms with E-state index in [9.17, 15) is 9.59 Å². The third-order valence-electron chi connectivity index (χ3n) is 6.76. The number of carbonyl (C=O) groups excluding carboxylic acids is 2. The van der Waals surface area contributed by atoms with Gasteiger partial charge in [0.2, 0.25) is 5.91 Å². The van der Waals surface area contributed by atoms with Gasteiger partial charge < -0.3 is 24.4 Å². The first-order chi connectivity index (χ1) is 18.5. The Kier molecular flexibility index (Phi) is 8.14. The zero-order valence-electron chi connectivity index (χ0n) is 21.5. The molecule has 0 saturated carbocycles. The molecule has 5 rings (SSSR count). The van der Waals surface area contributed by atoms with Crippen LogP contribution in [0.25, 0.3) is 0 Å². The Morgan fingerprint density at radius 3 is 2.71 bits per heavy atom. The summed E-state index contributed by atoms with van der Waals surface area (Å²) in [7, 11) is 1.61. The number of hydrogen-bond acceptors (Lipinski definition) is 8. The number of ether oxygens (including phenoxy) is 3. The first-order valence-corrected chi connectivity index (χ1v) is 13.6. The highest BCUT2D eigenvalue weighted by Crippen LogP contribution is 2.46. The number of benzene rings is 2. The van der Waals surface area contributed by atoms with Gasteiger partial charge in [-0.05, 0) is 36.8 Å². The fourth-order valence-corrected chi connectivity index (χ4v) is 5.84. The van der Waals surface area contributed by atoms with Gasteiger partial charge in [-0.15, -0.1) is 0 Å². The van der Waals surface area contributed by atoms with Crippen LogP contribution >= 0.6 is 11.8 Å². The van der Waals surface area contributed by atoms with E-state index in [0.29, 0.717) is 28.7 Å². The summed E-state index contributed by atoms with van der Waals surface area (Å²) in [4.78, 5) is 33.2. The lowest BCUT2D eigenvalue weighted by molar-refractivity contribution is -0.141. The molecule has 2 aromatic carbocycles. The molecule has 0 aliphatic carbocycles. The summed E-state index contributed by atoms with van der Waals surface area (Å²) in [6.45, 7) is 3.20. The largest absolute Gasteiger partial charge is 0.496 e. The van der Waals surface area contributed by atoms with Crippen molar-refractivity contribution in [3.05, 3.63) is 88.1 Å². The van der Waals surface area contributed by atoms with Gasteiger partial charge in [0.15, 0.2) is 5.17 Å². The Balaban J connectivity index is 1.42. The number of nitrogens with zero attached hydrogens (tertiary/aromatic N) is 2. The molecule has 1 N–H and O–H groups in total. The molecule has 198 valence electrons. The van der Waals surface area contributed by atoms with Crippen LogP contribution in [0, 0.1) is 0 Å². The molecule has 0 unspecified atom stereocenters. The highest BCUT2D eigenvalue weighted by Gasteiger charge is 2.42. The van der Waals surface area contributed by atoms with Crippen LogP contribution in [-0.4, -0.2) is 48.3 Å². The normalized spacial score (nSPS) is 20.5. The van der Waals surface area contributed by atoms with Crippen LogP contribution < -0.4 is 10.1 Å². The third-order valence-corrected chi connectivity index (χ3v) is 7.65. The summed E-state index contributed by atoms with van der Waals surface area (Å²) in [5.41, 5.74) is 3.45. The summed E-state index contributed by atoms with van der Waals surface area (Å²) < 4.78 is 17.1. The van der Waals surface area contributed by atoms with Gasteiger partial charge in [-0.1, -0.05) is 60.3 Å². The van der Waals surface area contributed by atoms with Gasteiger partial charge in [0.1, 0.15) is 12.4 Å². The summed E-state index contributed by atoms with van der Waals surface area (Å²) in [6, 6.07) is 16.6. The molecule has 1 fully saturated rings. The van der Waals surface area contributed by atoms with E-state index in [1.54, 1.807) is 7.11 Å². The van der Waals surface area contributed by atoms with E-state index < -0.39 is 12.0 Å². The molecule has 0 spiro atoms. The summed E-state index contributed by atoms with van der Waals surface area (Å²) >= 11 is 1.44. The highest BCUT2D eigenvalue weighted by molar-refractivity contribution is 8.16. The second kappa shape index (κ2) is 11.9. The van der Waals surface area contributed by atoms with Crippen molar-refractivity contribution < 1.29 is 23.8 Å². The molecule has 3 heterocycles. The van der Waals surface area contributed by atoms with Gasteiger partial charge in [0.25, 0.3) is 0 Å². The minimum absolute atomic E-state index is 0.0656. The molecule has 3 aliphatic heterocycles. The quantitative estimate of drug-likeness (QED) is 0.468. The molecule has 1 amide bonds. The van der Waals surface area contributed by atoms with E-state index >= 15 is 0 Å². The van der Waals surface area contributed by atoms with Crippen LogP contribution in [-0.2, 0) is 25.7 Å². The first-order valence-electron chi connectivity index (χ1n) is 12.7. The Morgan fingerprint density at radius 2 is 1.95 bits per heavy atom. The predicted octanol–water partition coefficient (Wildman–Crippen LogP) is 4.70. The standard InChI is InChI=1S/C29H31N3O5S/c1-19-26(28(34)37-17-20-9-4-3-5-10-20)27(23-12-6-7-13-24(23)35-2)32-21(18-38-29(32)31-19)15-25(33)30-16-22-11-8-14-36-22/h3-7,9-10,12-13,18,22,27H,8,11,14-17H2,1-2H3,(H,30,33)/t22-,27-/m0/s1. The number of methoxy groups -OCH3 is 1. The molecule has 1 saturated heterocycles. The highest BCUT2D eigenvalue weighted by atomic mass is 32.2. The topological polar surface area (TPSA) is 89.5 Å². The fourth-order valence-electron chi connectivity index (χ4n) is 4.88. The average Bonchev–Trinajstić information content (AvgIpc) is 3.60. The van der Waals surface area contributed by atoms with Crippen LogP contribution in [0.4, 0.5) is 0 Å². The van der Waals surface area contributed by atoms with Crippen LogP contribution in [0.5, 0.6) is 5.75 Å². The van der Waals surface area contributed by atoms with Crippen molar-refractivity contribution in [3.63, 3.8) is 0 Å². The maximum absolute atomic E-state index is 13.6. The second-order valence-electron chi connectivity index (χ2n) is 9.31. The molecule has 2 atom stereocenters. The summed E-state index contributed by atoms with van der Waals surface area (Å²) in [5.74, 6) is 0.0787. The lowest BCUT2D eigenvalue weighted by Gasteiger charge is -2.36. The number of amides is 1. The monoisotopic (exact) mass is 533 g/mol. The van der Waals surface area contributed by atoms with E-state index in [4.69, 9.17) is 19.2 Å². The van der Waals surface area contributed by atoms with Crippen molar-refractivity contribution in [2.75, 3.05) is 20.3 Å². The van der Waals surface area contributed by atoms with Gasteiger partial charge >= 0.3 is 5.97 Å². The number of thioether (sulfide) groups is 1. The molecule has 0 aromatic heterocycles. The number of hydrogen-bond donors (Lipinski definition) is 1. The first kappa shape index (κ1) is 26.1. The molecule has 9 heteroatoms. The van der Waals surface area contributed by atoms with E-state index in [0.717, 1.165) is 36.3 Å². The number of rotatable bonds is 9. The summed E-state index contributed by atoms with van der Waals surface area (Å²) in [6.07, 6.45) is 2.19. The number of nitrogens with one attached hydrogen (secondary N) is 1. The number of aliphatic imine (C=N–C) groups is 1. The Labute approximate surface area is 226 Å². The van der Waals surface area contributed by atoms with Gasteiger partial charge in [-0.2, -0.15) is 0 Å². The van der Waals surface area contributed by atoms with Crippen LogP contribution in [0.3, 0.4) is 0 Å². The maximum atomic E-state index is 13.6. The Morgan fingerprint density at radius 1 is 1.16 bits per heavy atom. The molecule has 2 aromatic rings. The number of allylic oxidation sites excluding steroid dienone is 1. The molecule has 38 heavy (non-hydrogen) atoms. The van der Waals surface area contributed by atoms with Gasteiger partial charge in [0.05, 0.1) is 36.9 Å². The summed E-state index contributed by atoms with van der Waals surface area (Å²) in [5, 5.41) is 5.63. The number of carbonyl (C=O) groups is 2. The number of fused-ring (bicyclic) bond motifs is 1.